The molecule has 8 aromatic carbocycles. The van der Waals surface area contributed by atoms with Crippen molar-refractivity contribution in [3.05, 3.63) is 188 Å². The molecular formula is C51H31N5O. The maximum absolute atomic E-state index is 6.79. The van der Waals surface area contributed by atoms with E-state index in [4.69, 9.17) is 19.4 Å². The van der Waals surface area contributed by atoms with E-state index in [1.54, 1.807) is 0 Å². The fraction of sp³-hybridized carbons (Fsp3) is 0. The van der Waals surface area contributed by atoms with Crippen LogP contribution in [0.2, 0.25) is 0 Å². The van der Waals surface area contributed by atoms with Crippen LogP contribution < -0.4 is 0 Å². The molecule has 266 valence electrons. The quantitative estimate of drug-likeness (QED) is 0.177. The molecule has 57 heavy (non-hydrogen) atoms. The van der Waals surface area contributed by atoms with E-state index >= 15 is 0 Å². The zero-order chi connectivity index (χ0) is 37.5. The van der Waals surface area contributed by atoms with E-state index in [1.165, 1.54) is 0 Å². The molecule has 0 radical (unpaired) electrons. The number of benzene rings is 8. The summed E-state index contributed by atoms with van der Waals surface area (Å²) < 4.78 is 11.5. The maximum Gasteiger partial charge on any atom is 0.238 e. The maximum atomic E-state index is 6.79. The minimum absolute atomic E-state index is 0.553. The van der Waals surface area contributed by atoms with Gasteiger partial charge in [0.1, 0.15) is 11.2 Å². The monoisotopic (exact) mass is 729 g/mol. The molecule has 0 aliphatic rings. The summed E-state index contributed by atoms with van der Waals surface area (Å²) >= 11 is 0. The van der Waals surface area contributed by atoms with E-state index < -0.39 is 0 Å². The summed E-state index contributed by atoms with van der Waals surface area (Å²) in [5.41, 5.74) is 11.0. The van der Waals surface area contributed by atoms with Gasteiger partial charge in [0.15, 0.2) is 11.6 Å². The lowest BCUT2D eigenvalue weighted by Gasteiger charge is -2.14. The Morgan fingerprint density at radius 1 is 0.368 bits per heavy atom. The normalized spacial score (nSPS) is 11.9. The van der Waals surface area contributed by atoms with Crippen LogP contribution >= 0.6 is 0 Å². The average Bonchev–Trinajstić information content (AvgIpc) is 3.95. The summed E-state index contributed by atoms with van der Waals surface area (Å²) in [4.78, 5) is 15.6. The van der Waals surface area contributed by atoms with Crippen molar-refractivity contribution in [2.45, 2.75) is 0 Å². The van der Waals surface area contributed by atoms with Crippen molar-refractivity contribution in [2.75, 3.05) is 0 Å². The third kappa shape index (κ3) is 4.74. The van der Waals surface area contributed by atoms with Gasteiger partial charge in [-0.15, -0.1) is 0 Å². The standard InChI is InChI=1S/C51H31N5O/c1-4-16-32(17-5-1)35-24-14-25-40-45-43(28-15-29-44(45)57-48(35)40)55-41-26-12-10-22-36(41)38-30-31-39-37-23-11-13-27-42(37)56(47(39)46(38)55)51-53-49(33-18-6-2-7-19-33)52-50(54-51)34-20-8-3-9-21-34/h1-31H. The molecule has 12 rings (SSSR count). The highest BCUT2D eigenvalue weighted by atomic mass is 16.3. The van der Waals surface area contributed by atoms with Crippen LogP contribution in [0.15, 0.2) is 192 Å². The molecule has 4 heterocycles. The average molecular weight is 730 g/mol. The van der Waals surface area contributed by atoms with Gasteiger partial charge in [-0.3, -0.25) is 4.57 Å². The minimum Gasteiger partial charge on any atom is -0.455 e. The van der Waals surface area contributed by atoms with Gasteiger partial charge in [0.05, 0.1) is 33.1 Å². The van der Waals surface area contributed by atoms with Crippen molar-refractivity contribution in [1.82, 2.24) is 24.1 Å². The van der Waals surface area contributed by atoms with Gasteiger partial charge in [-0.2, -0.15) is 9.97 Å². The van der Waals surface area contributed by atoms with Crippen LogP contribution in [0.3, 0.4) is 0 Å². The van der Waals surface area contributed by atoms with Gasteiger partial charge in [0.25, 0.3) is 0 Å². The Hall–Kier alpha value is -7.83. The molecule has 0 bridgehead atoms. The molecule has 6 nitrogen and oxygen atoms in total. The zero-order valence-corrected chi connectivity index (χ0v) is 30.5. The van der Waals surface area contributed by atoms with E-state index in [2.05, 4.69) is 155 Å². The fourth-order valence-corrected chi connectivity index (χ4v) is 8.72. The first-order valence-electron chi connectivity index (χ1n) is 19.1. The Balaban J connectivity index is 1.24. The second-order valence-corrected chi connectivity index (χ2v) is 14.4. The zero-order valence-electron chi connectivity index (χ0n) is 30.5. The molecule has 0 saturated heterocycles. The third-order valence-corrected chi connectivity index (χ3v) is 11.2. The lowest BCUT2D eigenvalue weighted by atomic mass is 10.0. The summed E-state index contributed by atoms with van der Waals surface area (Å²) in [6, 6.07) is 65.4. The number of nitrogens with zero attached hydrogens (tertiary/aromatic N) is 5. The number of hydrogen-bond acceptors (Lipinski definition) is 4. The molecule has 0 fully saturated rings. The van der Waals surface area contributed by atoms with E-state index in [1.807, 2.05) is 42.5 Å². The minimum atomic E-state index is 0.553. The number of fused-ring (bicyclic) bond motifs is 10. The molecule has 12 aromatic rings. The number of furan rings is 1. The molecule has 0 N–H and O–H groups in total. The molecule has 0 aliphatic heterocycles. The summed E-state index contributed by atoms with van der Waals surface area (Å²) in [5, 5.41) is 6.65. The molecule has 0 amide bonds. The smallest absolute Gasteiger partial charge is 0.238 e. The van der Waals surface area contributed by atoms with E-state index in [0.717, 1.165) is 93.5 Å². The SMILES string of the molecule is c1ccc(-c2nc(-c3ccccc3)nc(-n3c4ccccc4c4ccc5c6ccccc6n(-c6cccc7oc8c(-c9ccccc9)cccc8c67)c5c43)n2)cc1. The molecule has 0 atom stereocenters. The summed E-state index contributed by atoms with van der Waals surface area (Å²) in [6.45, 7) is 0. The van der Waals surface area contributed by atoms with Crippen molar-refractivity contribution in [1.29, 1.82) is 0 Å². The molecule has 0 saturated carbocycles. The largest absolute Gasteiger partial charge is 0.455 e. The summed E-state index contributed by atoms with van der Waals surface area (Å²) in [5.74, 6) is 1.78. The van der Waals surface area contributed by atoms with Gasteiger partial charge < -0.3 is 8.98 Å². The number of para-hydroxylation sites is 3. The van der Waals surface area contributed by atoms with Crippen molar-refractivity contribution in [3.63, 3.8) is 0 Å². The lowest BCUT2D eigenvalue weighted by Crippen LogP contribution is -2.07. The Morgan fingerprint density at radius 2 is 0.877 bits per heavy atom. The van der Waals surface area contributed by atoms with Gasteiger partial charge in [0.2, 0.25) is 5.95 Å². The predicted molar refractivity (Wildman–Crippen MR) is 232 cm³/mol. The number of hydrogen-bond donors (Lipinski definition) is 0. The van der Waals surface area contributed by atoms with Gasteiger partial charge in [-0.05, 0) is 29.8 Å². The third-order valence-electron chi connectivity index (χ3n) is 11.2. The highest BCUT2D eigenvalue weighted by molar-refractivity contribution is 6.25. The van der Waals surface area contributed by atoms with Crippen molar-refractivity contribution >= 4 is 65.6 Å². The predicted octanol–water partition coefficient (Wildman–Crippen LogP) is 13.0. The lowest BCUT2D eigenvalue weighted by molar-refractivity contribution is 0.670. The first-order valence-corrected chi connectivity index (χ1v) is 19.1. The molecule has 0 aliphatic carbocycles. The highest BCUT2D eigenvalue weighted by Crippen LogP contribution is 2.45. The Kier molecular flexibility index (Phi) is 6.83. The number of rotatable bonds is 5. The number of aromatic nitrogens is 5. The van der Waals surface area contributed by atoms with Crippen molar-refractivity contribution < 1.29 is 4.42 Å². The fourth-order valence-electron chi connectivity index (χ4n) is 8.72. The topological polar surface area (TPSA) is 61.7 Å². The Morgan fingerprint density at radius 3 is 1.51 bits per heavy atom. The van der Waals surface area contributed by atoms with E-state index in [-0.39, 0.29) is 0 Å². The van der Waals surface area contributed by atoms with Gasteiger partial charge >= 0.3 is 0 Å². The Bertz CT molecular complexity index is 3450. The van der Waals surface area contributed by atoms with Gasteiger partial charge in [0, 0.05) is 43.6 Å². The van der Waals surface area contributed by atoms with Crippen LogP contribution in [0, 0.1) is 0 Å². The van der Waals surface area contributed by atoms with Crippen LogP contribution in [0.4, 0.5) is 0 Å². The second-order valence-electron chi connectivity index (χ2n) is 14.4. The molecule has 4 aromatic heterocycles. The van der Waals surface area contributed by atoms with Crippen LogP contribution in [0.5, 0.6) is 0 Å². The molecule has 0 spiro atoms. The van der Waals surface area contributed by atoms with Crippen LogP contribution in [-0.4, -0.2) is 24.1 Å². The molecule has 0 unspecified atom stereocenters. The van der Waals surface area contributed by atoms with Gasteiger partial charge in [-0.1, -0.05) is 164 Å². The van der Waals surface area contributed by atoms with Crippen molar-refractivity contribution in [3.8, 4) is 45.5 Å². The van der Waals surface area contributed by atoms with Crippen LogP contribution in [0.25, 0.3) is 111 Å². The highest BCUT2D eigenvalue weighted by Gasteiger charge is 2.25. The molecular weight excluding hydrogens is 699 g/mol. The second kappa shape index (κ2) is 12.3. The molecule has 6 heteroatoms. The first-order chi connectivity index (χ1) is 28.3. The van der Waals surface area contributed by atoms with Crippen molar-refractivity contribution in [2.24, 2.45) is 0 Å². The summed E-state index contributed by atoms with van der Waals surface area (Å²) in [6.07, 6.45) is 0. The van der Waals surface area contributed by atoms with Gasteiger partial charge in [-0.25, -0.2) is 4.98 Å². The summed E-state index contributed by atoms with van der Waals surface area (Å²) in [7, 11) is 0. The van der Waals surface area contributed by atoms with Crippen LogP contribution in [-0.2, 0) is 0 Å². The van der Waals surface area contributed by atoms with Crippen LogP contribution in [0.1, 0.15) is 0 Å². The van der Waals surface area contributed by atoms with E-state index in [0.29, 0.717) is 17.6 Å². The van der Waals surface area contributed by atoms with E-state index in [9.17, 15) is 0 Å². The Labute approximate surface area is 326 Å². The first kappa shape index (κ1) is 31.5.